The molecule has 0 aliphatic rings. The summed E-state index contributed by atoms with van der Waals surface area (Å²) in [6, 6.07) is 9.41. The summed E-state index contributed by atoms with van der Waals surface area (Å²) in [6.07, 6.45) is 0.166. The first-order valence-electron chi connectivity index (χ1n) is 5.84. The number of esters is 1. The van der Waals surface area contributed by atoms with E-state index in [9.17, 15) is 9.59 Å². The number of hydrogen-bond acceptors (Lipinski definition) is 4. The molecule has 1 amide bonds. The number of nitrogens with zero attached hydrogens (tertiary/aromatic N) is 2. The monoisotopic (exact) mass is 260 g/mol. The molecule has 1 aromatic carbocycles. The Morgan fingerprint density at radius 2 is 1.95 bits per heavy atom. The second kappa shape index (κ2) is 7.17. The maximum absolute atomic E-state index is 12.0. The predicted octanol–water partition coefficient (Wildman–Crippen LogP) is 1.06. The number of carbonyl (C=O) groups excluding carboxylic acids is 2. The Labute approximate surface area is 112 Å². The second-order valence-electron chi connectivity index (χ2n) is 4.15. The first-order chi connectivity index (χ1) is 9.06. The first kappa shape index (κ1) is 14.7. The molecule has 100 valence electrons. The van der Waals surface area contributed by atoms with Crippen molar-refractivity contribution in [2.75, 3.05) is 20.2 Å². The van der Waals surface area contributed by atoms with Crippen LogP contribution in [0.5, 0.6) is 0 Å². The van der Waals surface area contributed by atoms with Gasteiger partial charge in [-0.3, -0.25) is 9.59 Å². The fourth-order valence-electron chi connectivity index (χ4n) is 1.53. The van der Waals surface area contributed by atoms with E-state index in [-0.39, 0.29) is 25.4 Å². The molecule has 0 N–H and O–H groups in total. The fraction of sp³-hybridized carbons (Fsp3) is 0.357. The molecule has 5 heteroatoms. The van der Waals surface area contributed by atoms with E-state index in [0.717, 1.165) is 11.1 Å². The summed E-state index contributed by atoms with van der Waals surface area (Å²) in [5.74, 6) is -0.802. The van der Waals surface area contributed by atoms with E-state index in [0.29, 0.717) is 0 Å². The number of rotatable bonds is 5. The average Bonchev–Trinajstić information content (AvgIpc) is 2.40. The number of carbonyl (C=O) groups is 2. The minimum atomic E-state index is -0.535. The molecular weight excluding hydrogens is 244 g/mol. The van der Waals surface area contributed by atoms with Crippen molar-refractivity contribution in [2.24, 2.45) is 0 Å². The van der Waals surface area contributed by atoms with Crippen LogP contribution in [0, 0.1) is 18.3 Å². The van der Waals surface area contributed by atoms with Crippen LogP contribution in [0.1, 0.15) is 11.1 Å². The number of benzene rings is 1. The number of nitriles is 1. The van der Waals surface area contributed by atoms with Gasteiger partial charge in [-0.2, -0.15) is 5.26 Å². The standard InChI is InChI=1S/C14H16N2O3/c1-11-3-5-12(6-4-11)9-13(17)16(8-7-15)10-14(18)19-2/h3-6H,8-10H2,1-2H3. The summed E-state index contributed by atoms with van der Waals surface area (Å²) in [6.45, 7) is 1.64. The largest absolute Gasteiger partial charge is 0.468 e. The third-order valence-corrected chi connectivity index (χ3v) is 2.64. The smallest absolute Gasteiger partial charge is 0.325 e. The van der Waals surface area contributed by atoms with E-state index < -0.39 is 5.97 Å². The lowest BCUT2D eigenvalue weighted by atomic mass is 10.1. The molecule has 0 saturated carbocycles. The van der Waals surface area contributed by atoms with Crippen LogP contribution in [0.25, 0.3) is 0 Å². The molecule has 0 aromatic heterocycles. The minimum absolute atomic E-state index is 0.125. The molecule has 0 radical (unpaired) electrons. The van der Waals surface area contributed by atoms with Gasteiger partial charge in [-0.05, 0) is 12.5 Å². The van der Waals surface area contributed by atoms with Crippen LogP contribution in [0.3, 0.4) is 0 Å². The fourth-order valence-corrected chi connectivity index (χ4v) is 1.53. The molecule has 0 spiro atoms. The Hall–Kier alpha value is -2.35. The van der Waals surface area contributed by atoms with E-state index in [4.69, 9.17) is 5.26 Å². The molecule has 0 aliphatic carbocycles. The van der Waals surface area contributed by atoms with Gasteiger partial charge in [-0.15, -0.1) is 0 Å². The normalized spacial score (nSPS) is 9.53. The molecule has 5 nitrogen and oxygen atoms in total. The van der Waals surface area contributed by atoms with Crippen molar-refractivity contribution in [2.45, 2.75) is 13.3 Å². The van der Waals surface area contributed by atoms with E-state index in [1.54, 1.807) is 0 Å². The van der Waals surface area contributed by atoms with E-state index in [1.165, 1.54) is 12.0 Å². The maximum Gasteiger partial charge on any atom is 0.325 e. The number of methoxy groups -OCH3 is 1. The second-order valence-corrected chi connectivity index (χ2v) is 4.15. The summed E-state index contributed by atoms with van der Waals surface area (Å²) in [4.78, 5) is 24.4. The molecule has 0 fully saturated rings. The third kappa shape index (κ3) is 4.80. The van der Waals surface area contributed by atoms with E-state index >= 15 is 0 Å². The highest BCUT2D eigenvalue weighted by molar-refractivity contribution is 5.83. The average molecular weight is 260 g/mol. The van der Waals surface area contributed by atoms with Crippen molar-refractivity contribution in [3.05, 3.63) is 35.4 Å². The Morgan fingerprint density at radius 1 is 1.32 bits per heavy atom. The molecular formula is C14H16N2O3. The number of aryl methyl sites for hydroxylation is 1. The Bertz CT molecular complexity index is 488. The highest BCUT2D eigenvalue weighted by Gasteiger charge is 2.17. The van der Waals surface area contributed by atoms with Crippen LogP contribution >= 0.6 is 0 Å². The highest BCUT2D eigenvalue weighted by Crippen LogP contribution is 2.06. The molecule has 0 aliphatic heterocycles. The van der Waals surface area contributed by atoms with Gasteiger partial charge in [-0.1, -0.05) is 29.8 Å². The molecule has 1 aromatic rings. The van der Waals surface area contributed by atoms with Crippen molar-refractivity contribution < 1.29 is 14.3 Å². The number of amides is 1. The molecule has 0 atom stereocenters. The van der Waals surface area contributed by atoms with Crippen LogP contribution < -0.4 is 0 Å². The molecule has 19 heavy (non-hydrogen) atoms. The number of hydrogen-bond donors (Lipinski definition) is 0. The summed E-state index contributed by atoms with van der Waals surface area (Å²) in [5.41, 5.74) is 1.96. The van der Waals surface area contributed by atoms with Crippen LogP contribution in [0.2, 0.25) is 0 Å². The van der Waals surface area contributed by atoms with Gasteiger partial charge >= 0.3 is 5.97 Å². The van der Waals surface area contributed by atoms with Gasteiger partial charge in [0, 0.05) is 0 Å². The van der Waals surface area contributed by atoms with Crippen molar-refractivity contribution in [1.29, 1.82) is 5.26 Å². The van der Waals surface area contributed by atoms with Crippen LogP contribution in [0.4, 0.5) is 0 Å². The third-order valence-electron chi connectivity index (χ3n) is 2.64. The van der Waals surface area contributed by atoms with Gasteiger partial charge in [0.25, 0.3) is 0 Å². The van der Waals surface area contributed by atoms with Gasteiger partial charge in [0.05, 0.1) is 19.6 Å². The zero-order valence-electron chi connectivity index (χ0n) is 11.0. The van der Waals surface area contributed by atoms with Gasteiger partial charge in [0.1, 0.15) is 13.1 Å². The molecule has 0 saturated heterocycles. The Kier molecular flexibility index (Phi) is 5.55. The van der Waals surface area contributed by atoms with Gasteiger partial charge in [0.2, 0.25) is 5.91 Å². The zero-order chi connectivity index (χ0) is 14.3. The van der Waals surface area contributed by atoms with Crippen molar-refractivity contribution in [3.63, 3.8) is 0 Å². The van der Waals surface area contributed by atoms with Gasteiger partial charge in [-0.25, -0.2) is 0 Å². The van der Waals surface area contributed by atoms with Gasteiger partial charge in [0.15, 0.2) is 0 Å². The van der Waals surface area contributed by atoms with E-state index in [2.05, 4.69) is 4.74 Å². The Balaban J connectivity index is 2.69. The Morgan fingerprint density at radius 3 is 2.47 bits per heavy atom. The summed E-state index contributed by atoms with van der Waals surface area (Å²) < 4.78 is 4.50. The summed E-state index contributed by atoms with van der Waals surface area (Å²) >= 11 is 0. The summed E-state index contributed by atoms with van der Waals surface area (Å²) in [7, 11) is 1.25. The summed E-state index contributed by atoms with van der Waals surface area (Å²) in [5, 5.41) is 8.68. The van der Waals surface area contributed by atoms with Crippen LogP contribution in [-0.2, 0) is 20.7 Å². The zero-order valence-corrected chi connectivity index (χ0v) is 11.0. The quantitative estimate of drug-likeness (QED) is 0.586. The molecule has 1 rings (SSSR count). The van der Waals surface area contributed by atoms with Gasteiger partial charge < -0.3 is 9.64 Å². The van der Waals surface area contributed by atoms with Crippen LogP contribution in [-0.4, -0.2) is 37.0 Å². The van der Waals surface area contributed by atoms with Crippen molar-refractivity contribution >= 4 is 11.9 Å². The van der Waals surface area contributed by atoms with Crippen molar-refractivity contribution in [1.82, 2.24) is 4.90 Å². The minimum Gasteiger partial charge on any atom is -0.468 e. The highest BCUT2D eigenvalue weighted by atomic mass is 16.5. The topological polar surface area (TPSA) is 70.4 Å². The molecule has 0 unspecified atom stereocenters. The molecule has 0 heterocycles. The first-order valence-corrected chi connectivity index (χ1v) is 5.84. The maximum atomic E-state index is 12.0. The van der Waals surface area contributed by atoms with E-state index in [1.807, 2.05) is 37.3 Å². The van der Waals surface area contributed by atoms with Crippen LogP contribution in [0.15, 0.2) is 24.3 Å². The lowest BCUT2D eigenvalue weighted by molar-refractivity contribution is -0.146. The molecule has 0 bridgehead atoms. The predicted molar refractivity (Wildman–Crippen MR) is 69.1 cm³/mol. The van der Waals surface area contributed by atoms with Crippen molar-refractivity contribution in [3.8, 4) is 6.07 Å². The SMILES string of the molecule is COC(=O)CN(CC#N)C(=O)Cc1ccc(C)cc1. The lowest BCUT2D eigenvalue weighted by Crippen LogP contribution is -2.37. The number of ether oxygens (including phenoxy) is 1. The lowest BCUT2D eigenvalue weighted by Gasteiger charge is -2.18.